The molecular formula is C15H18ClNOS. The van der Waals surface area contributed by atoms with Gasteiger partial charge in [0.15, 0.2) is 0 Å². The van der Waals surface area contributed by atoms with Gasteiger partial charge < -0.3 is 10.1 Å². The van der Waals surface area contributed by atoms with Crippen LogP contribution in [0.4, 0.5) is 0 Å². The quantitative estimate of drug-likeness (QED) is 0.811. The van der Waals surface area contributed by atoms with Gasteiger partial charge in [0.1, 0.15) is 5.75 Å². The van der Waals surface area contributed by atoms with Crippen LogP contribution in [0, 0.1) is 0 Å². The lowest BCUT2D eigenvalue weighted by molar-refractivity contribution is 0.288. The van der Waals surface area contributed by atoms with Crippen LogP contribution < -0.4 is 10.1 Å². The highest BCUT2D eigenvalue weighted by Crippen LogP contribution is 2.28. The van der Waals surface area contributed by atoms with Gasteiger partial charge in [0.25, 0.3) is 0 Å². The molecule has 0 radical (unpaired) electrons. The van der Waals surface area contributed by atoms with Gasteiger partial charge in [-0.05, 0) is 30.8 Å². The third-order valence-corrected chi connectivity index (χ3v) is 4.15. The van der Waals surface area contributed by atoms with E-state index in [9.17, 15) is 0 Å². The molecule has 1 N–H and O–H groups in total. The van der Waals surface area contributed by atoms with E-state index in [1.165, 1.54) is 4.88 Å². The van der Waals surface area contributed by atoms with Gasteiger partial charge in [-0.2, -0.15) is 0 Å². The second-order valence-corrected chi connectivity index (χ2v) is 5.95. The number of nitrogens with one attached hydrogen (secondary N) is 1. The smallest absolute Gasteiger partial charge is 0.119 e. The standard InChI is InChI=1S/C15H18ClNOS/c1-2-17-13(14-8-9-15(16)19-14)10-11-18-12-6-4-3-5-7-12/h3-9,13,17H,2,10-11H2,1H3. The monoisotopic (exact) mass is 295 g/mol. The number of benzene rings is 1. The first-order valence-corrected chi connectivity index (χ1v) is 7.65. The summed E-state index contributed by atoms with van der Waals surface area (Å²) in [5, 5.41) is 3.47. The number of rotatable bonds is 7. The predicted molar refractivity (Wildman–Crippen MR) is 82.3 cm³/mol. The average molecular weight is 296 g/mol. The lowest BCUT2D eigenvalue weighted by Crippen LogP contribution is -2.22. The molecule has 0 amide bonds. The molecule has 4 heteroatoms. The molecule has 0 aliphatic heterocycles. The first-order chi connectivity index (χ1) is 9.29. The summed E-state index contributed by atoms with van der Waals surface area (Å²) in [7, 11) is 0. The Hall–Kier alpha value is -1.03. The van der Waals surface area contributed by atoms with Crippen LogP contribution in [-0.2, 0) is 0 Å². The molecule has 1 atom stereocenters. The van der Waals surface area contributed by atoms with E-state index >= 15 is 0 Å². The molecular weight excluding hydrogens is 278 g/mol. The molecule has 0 saturated heterocycles. The Kier molecular flexibility index (Phi) is 5.70. The maximum atomic E-state index is 5.99. The van der Waals surface area contributed by atoms with E-state index in [4.69, 9.17) is 16.3 Å². The normalized spacial score (nSPS) is 12.3. The van der Waals surface area contributed by atoms with Crippen molar-refractivity contribution in [2.24, 2.45) is 0 Å². The van der Waals surface area contributed by atoms with Gasteiger partial charge >= 0.3 is 0 Å². The maximum absolute atomic E-state index is 5.99. The molecule has 1 heterocycles. The van der Waals surface area contributed by atoms with Crippen molar-refractivity contribution < 1.29 is 4.74 Å². The predicted octanol–water partition coefficient (Wildman–Crippen LogP) is 4.52. The largest absolute Gasteiger partial charge is 0.494 e. The van der Waals surface area contributed by atoms with Gasteiger partial charge in [-0.25, -0.2) is 0 Å². The molecule has 0 spiro atoms. The summed E-state index contributed by atoms with van der Waals surface area (Å²) < 4.78 is 6.58. The highest BCUT2D eigenvalue weighted by Gasteiger charge is 2.12. The van der Waals surface area contributed by atoms with Gasteiger partial charge in [-0.3, -0.25) is 0 Å². The van der Waals surface area contributed by atoms with E-state index in [0.29, 0.717) is 12.6 Å². The maximum Gasteiger partial charge on any atom is 0.119 e. The second kappa shape index (κ2) is 7.53. The zero-order valence-electron chi connectivity index (χ0n) is 10.9. The van der Waals surface area contributed by atoms with Crippen LogP contribution in [0.15, 0.2) is 42.5 Å². The summed E-state index contributed by atoms with van der Waals surface area (Å²) >= 11 is 7.62. The van der Waals surface area contributed by atoms with E-state index in [-0.39, 0.29) is 0 Å². The second-order valence-electron chi connectivity index (χ2n) is 4.20. The lowest BCUT2D eigenvalue weighted by atomic mass is 10.2. The molecule has 0 aliphatic rings. The van der Waals surface area contributed by atoms with Crippen LogP contribution in [-0.4, -0.2) is 13.2 Å². The van der Waals surface area contributed by atoms with Crippen molar-refractivity contribution in [3.63, 3.8) is 0 Å². The number of hydrogen-bond acceptors (Lipinski definition) is 3. The van der Waals surface area contributed by atoms with Crippen molar-refractivity contribution in [1.82, 2.24) is 5.32 Å². The van der Waals surface area contributed by atoms with Crippen molar-refractivity contribution in [1.29, 1.82) is 0 Å². The third kappa shape index (κ3) is 4.53. The molecule has 2 nitrogen and oxygen atoms in total. The van der Waals surface area contributed by atoms with Crippen LogP contribution in [0.2, 0.25) is 4.34 Å². The summed E-state index contributed by atoms with van der Waals surface area (Å²) in [6.45, 7) is 3.74. The Morgan fingerprint density at radius 2 is 2.00 bits per heavy atom. The highest BCUT2D eigenvalue weighted by atomic mass is 35.5. The van der Waals surface area contributed by atoms with Gasteiger partial charge in [0.2, 0.25) is 0 Å². The van der Waals surface area contributed by atoms with Gasteiger partial charge in [-0.1, -0.05) is 36.7 Å². The van der Waals surface area contributed by atoms with E-state index < -0.39 is 0 Å². The zero-order valence-corrected chi connectivity index (χ0v) is 12.5. The number of ether oxygens (including phenoxy) is 1. The minimum absolute atomic E-state index is 0.311. The molecule has 2 rings (SSSR count). The number of para-hydroxylation sites is 1. The van der Waals surface area contributed by atoms with Gasteiger partial charge in [0.05, 0.1) is 10.9 Å². The first kappa shape index (κ1) is 14.4. The van der Waals surface area contributed by atoms with Gasteiger partial charge in [0, 0.05) is 17.3 Å². The fourth-order valence-corrected chi connectivity index (χ4v) is 3.09. The fraction of sp³-hybridized carbons (Fsp3) is 0.333. The summed E-state index contributed by atoms with van der Waals surface area (Å²) in [5.74, 6) is 0.918. The highest BCUT2D eigenvalue weighted by molar-refractivity contribution is 7.16. The van der Waals surface area contributed by atoms with E-state index in [0.717, 1.165) is 23.1 Å². The molecule has 0 aliphatic carbocycles. The van der Waals surface area contributed by atoms with E-state index in [2.05, 4.69) is 18.3 Å². The van der Waals surface area contributed by atoms with Crippen molar-refractivity contribution in [2.45, 2.75) is 19.4 Å². The molecule has 1 aromatic carbocycles. The zero-order chi connectivity index (χ0) is 13.5. The summed E-state index contributed by atoms with van der Waals surface area (Å²) in [6, 6.07) is 14.3. The molecule has 102 valence electrons. The Morgan fingerprint density at radius 1 is 1.21 bits per heavy atom. The van der Waals surface area contributed by atoms with Crippen molar-refractivity contribution >= 4 is 22.9 Å². The number of thiophene rings is 1. The topological polar surface area (TPSA) is 21.3 Å². The first-order valence-electron chi connectivity index (χ1n) is 6.46. The Labute approximate surface area is 123 Å². The Morgan fingerprint density at radius 3 is 2.63 bits per heavy atom. The molecule has 2 aromatic rings. The van der Waals surface area contributed by atoms with Crippen LogP contribution in [0.3, 0.4) is 0 Å². The van der Waals surface area contributed by atoms with Crippen LogP contribution in [0.25, 0.3) is 0 Å². The molecule has 0 fully saturated rings. The molecule has 1 aromatic heterocycles. The van der Waals surface area contributed by atoms with Crippen LogP contribution in [0.5, 0.6) is 5.75 Å². The number of hydrogen-bond donors (Lipinski definition) is 1. The molecule has 19 heavy (non-hydrogen) atoms. The van der Waals surface area contributed by atoms with E-state index in [1.54, 1.807) is 11.3 Å². The molecule has 1 unspecified atom stereocenters. The average Bonchev–Trinajstić information content (AvgIpc) is 2.86. The Bertz CT molecular complexity index is 486. The lowest BCUT2D eigenvalue weighted by Gasteiger charge is -2.16. The summed E-state index contributed by atoms with van der Waals surface area (Å²) in [4.78, 5) is 1.27. The van der Waals surface area contributed by atoms with Crippen molar-refractivity contribution in [3.05, 3.63) is 51.7 Å². The van der Waals surface area contributed by atoms with Crippen LogP contribution in [0.1, 0.15) is 24.3 Å². The number of halogens is 1. The third-order valence-electron chi connectivity index (χ3n) is 2.81. The van der Waals surface area contributed by atoms with E-state index in [1.807, 2.05) is 36.4 Å². The van der Waals surface area contributed by atoms with Crippen molar-refractivity contribution in [2.75, 3.05) is 13.2 Å². The summed E-state index contributed by atoms with van der Waals surface area (Å²) in [6.07, 6.45) is 0.930. The minimum atomic E-state index is 0.311. The van der Waals surface area contributed by atoms with Crippen molar-refractivity contribution in [3.8, 4) is 5.75 Å². The molecule has 0 bridgehead atoms. The van der Waals surface area contributed by atoms with Gasteiger partial charge in [-0.15, -0.1) is 11.3 Å². The van der Waals surface area contributed by atoms with Crippen LogP contribution >= 0.6 is 22.9 Å². The Balaban J connectivity index is 1.87. The molecule has 0 saturated carbocycles. The fourth-order valence-electron chi connectivity index (χ4n) is 1.92. The SMILES string of the molecule is CCNC(CCOc1ccccc1)c1ccc(Cl)s1. The summed E-state index contributed by atoms with van der Waals surface area (Å²) in [5.41, 5.74) is 0. The minimum Gasteiger partial charge on any atom is -0.494 e.